The van der Waals surface area contributed by atoms with Crippen molar-refractivity contribution in [2.24, 2.45) is 10.7 Å². The summed E-state index contributed by atoms with van der Waals surface area (Å²) in [5.41, 5.74) is 6.17. The number of amides is 1. The van der Waals surface area contributed by atoms with Crippen LogP contribution in [0.5, 0.6) is 5.75 Å². The summed E-state index contributed by atoms with van der Waals surface area (Å²) in [6.07, 6.45) is 6.63. The minimum atomic E-state index is -0.480. The molecule has 7 nitrogen and oxygen atoms in total. The van der Waals surface area contributed by atoms with Crippen molar-refractivity contribution < 1.29 is 9.53 Å². The first-order chi connectivity index (χ1) is 13.1. The normalized spacial score (nSPS) is 21.4. The molecule has 1 aromatic carbocycles. The van der Waals surface area contributed by atoms with E-state index < -0.39 is 5.91 Å². The lowest BCUT2D eigenvalue weighted by molar-refractivity contribution is -0.119. The average molecular weight is 374 g/mol. The van der Waals surface area contributed by atoms with Gasteiger partial charge in [-0.05, 0) is 37.0 Å². The molecule has 2 aliphatic rings. The summed E-state index contributed by atoms with van der Waals surface area (Å²) >= 11 is 0. The third-order valence-corrected chi connectivity index (χ3v) is 5.36. The van der Waals surface area contributed by atoms with Crippen LogP contribution in [0.4, 0.5) is 0 Å². The maximum atomic E-state index is 10.8. The van der Waals surface area contributed by atoms with Crippen molar-refractivity contribution in [3.05, 3.63) is 29.8 Å². The third-order valence-electron chi connectivity index (χ3n) is 5.36. The molecule has 2 fully saturated rings. The Kier molecular flexibility index (Phi) is 6.92. The van der Waals surface area contributed by atoms with E-state index in [1.807, 2.05) is 24.3 Å². The number of aliphatic imine (C=N–C) groups is 1. The summed E-state index contributed by atoms with van der Waals surface area (Å²) in [7, 11) is 1.80. The van der Waals surface area contributed by atoms with E-state index in [-0.39, 0.29) is 6.61 Å². The van der Waals surface area contributed by atoms with E-state index in [0.29, 0.717) is 18.3 Å². The van der Waals surface area contributed by atoms with Gasteiger partial charge in [-0.2, -0.15) is 0 Å². The van der Waals surface area contributed by atoms with E-state index in [9.17, 15) is 4.79 Å². The number of hydrogen-bond acceptors (Lipinski definition) is 4. The number of nitrogens with zero attached hydrogens (tertiary/aromatic N) is 2. The molecule has 0 bridgehead atoms. The van der Waals surface area contributed by atoms with Crippen molar-refractivity contribution in [1.82, 2.24) is 15.5 Å². The fourth-order valence-corrected chi connectivity index (χ4v) is 3.98. The van der Waals surface area contributed by atoms with E-state index >= 15 is 0 Å². The largest absolute Gasteiger partial charge is 0.484 e. The predicted octanol–water partition coefficient (Wildman–Crippen LogP) is 1.23. The monoisotopic (exact) mass is 373 g/mol. The van der Waals surface area contributed by atoms with Gasteiger partial charge in [-0.15, -0.1) is 0 Å². The van der Waals surface area contributed by atoms with Crippen LogP contribution in [0.25, 0.3) is 0 Å². The molecule has 1 heterocycles. The molecule has 27 heavy (non-hydrogen) atoms. The fraction of sp³-hybridized carbons (Fsp3) is 0.600. The van der Waals surface area contributed by atoms with Crippen molar-refractivity contribution in [1.29, 1.82) is 0 Å². The second kappa shape index (κ2) is 9.60. The summed E-state index contributed by atoms with van der Waals surface area (Å²) in [6.45, 7) is 2.80. The Labute approximate surface area is 161 Å². The summed E-state index contributed by atoms with van der Waals surface area (Å²) in [5.74, 6) is 0.974. The quantitative estimate of drug-likeness (QED) is 0.494. The SMILES string of the molecule is CN=C(NCc1cccc(OCC(N)=O)c1)NC1CCN(C2CCCC2)C1. The number of carbonyl (C=O) groups excluding carboxylic acids is 1. The lowest BCUT2D eigenvalue weighted by Gasteiger charge is -2.24. The van der Waals surface area contributed by atoms with Gasteiger partial charge in [0, 0.05) is 38.8 Å². The molecule has 3 rings (SSSR count). The molecule has 1 aliphatic heterocycles. The van der Waals surface area contributed by atoms with Gasteiger partial charge in [-0.3, -0.25) is 14.7 Å². The van der Waals surface area contributed by atoms with E-state index in [0.717, 1.165) is 30.5 Å². The number of hydrogen-bond donors (Lipinski definition) is 3. The molecule has 1 saturated carbocycles. The number of likely N-dealkylation sites (tertiary alicyclic amines) is 1. The zero-order valence-electron chi connectivity index (χ0n) is 16.1. The lowest BCUT2D eigenvalue weighted by Crippen LogP contribution is -2.45. The molecule has 1 unspecified atom stereocenters. The lowest BCUT2D eigenvalue weighted by atomic mass is 10.2. The zero-order valence-corrected chi connectivity index (χ0v) is 16.1. The second-order valence-corrected chi connectivity index (χ2v) is 7.39. The highest BCUT2D eigenvalue weighted by molar-refractivity contribution is 5.80. The summed E-state index contributed by atoms with van der Waals surface area (Å²) in [6, 6.07) is 8.86. The molecule has 1 saturated heterocycles. The molecule has 0 spiro atoms. The summed E-state index contributed by atoms with van der Waals surface area (Å²) in [5, 5.41) is 6.91. The van der Waals surface area contributed by atoms with Crippen molar-refractivity contribution >= 4 is 11.9 Å². The first kappa shape index (κ1) is 19.5. The van der Waals surface area contributed by atoms with Crippen LogP contribution in [-0.4, -0.2) is 55.6 Å². The maximum absolute atomic E-state index is 10.8. The van der Waals surface area contributed by atoms with Crippen molar-refractivity contribution in [2.45, 2.75) is 50.7 Å². The molecule has 0 aromatic heterocycles. The average Bonchev–Trinajstić information content (AvgIpc) is 3.35. The van der Waals surface area contributed by atoms with Gasteiger partial charge < -0.3 is 21.1 Å². The number of rotatable bonds is 7. The van der Waals surface area contributed by atoms with E-state index in [1.54, 1.807) is 7.05 Å². The molecule has 4 N–H and O–H groups in total. The molecule has 1 atom stereocenters. The molecular weight excluding hydrogens is 342 g/mol. The van der Waals surface area contributed by atoms with Gasteiger partial charge in [0.25, 0.3) is 5.91 Å². The third kappa shape index (κ3) is 5.85. The number of nitrogens with two attached hydrogens (primary N) is 1. The van der Waals surface area contributed by atoms with Crippen LogP contribution in [0.2, 0.25) is 0 Å². The Hall–Kier alpha value is -2.28. The molecule has 148 valence electrons. The smallest absolute Gasteiger partial charge is 0.255 e. The topological polar surface area (TPSA) is 92.0 Å². The molecule has 1 aliphatic carbocycles. The highest BCUT2D eigenvalue weighted by Crippen LogP contribution is 2.26. The molecular formula is C20H31N5O2. The van der Waals surface area contributed by atoms with Crippen LogP contribution in [-0.2, 0) is 11.3 Å². The van der Waals surface area contributed by atoms with E-state index in [2.05, 4.69) is 20.5 Å². The Morgan fingerprint density at radius 3 is 2.89 bits per heavy atom. The molecule has 7 heteroatoms. The highest BCUT2D eigenvalue weighted by atomic mass is 16.5. The van der Waals surface area contributed by atoms with Gasteiger partial charge in [-0.25, -0.2) is 0 Å². The molecule has 1 aromatic rings. The van der Waals surface area contributed by atoms with Crippen LogP contribution in [0.15, 0.2) is 29.3 Å². The Morgan fingerprint density at radius 1 is 1.33 bits per heavy atom. The minimum Gasteiger partial charge on any atom is -0.484 e. The van der Waals surface area contributed by atoms with Crippen molar-refractivity contribution in [3.63, 3.8) is 0 Å². The van der Waals surface area contributed by atoms with Gasteiger partial charge in [0.1, 0.15) is 5.75 Å². The van der Waals surface area contributed by atoms with Crippen LogP contribution in [0.3, 0.4) is 0 Å². The van der Waals surface area contributed by atoms with Gasteiger partial charge in [-0.1, -0.05) is 25.0 Å². The second-order valence-electron chi connectivity index (χ2n) is 7.39. The van der Waals surface area contributed by atoms with Gasteiger partial charge in [0.2, 0.25) is 0 Å². The standard InChI is InChI=1S/C20H31N5O2/c1-22-20(24-16-9-10-25(13-16)17-6-2-3-7-17)23-12-15-5-4-8-18(11-15)27-14-19(21)26/h4-5,8,11,16-17H,2-3,6-7,9-10,12-14H2,1H3,(H2,21,26)(H2,22,23,24). The van der Waals surface area contributed by atoms with Crippen LogP contribution in [0, 0.1) is 0 Å². The Bertz CT molecular complexity index is 658. The minimum absolute atomic E-state index is 0.112. The summed E-state index contributed by atoms with van der Waals surface area (Å²) < 4.78 is 5.36. The summed E-state index contributed by atoms with van der Waals surface area (Å²) in [4.78, 5) is 17.8. The van der Waals surface area contributed by atoms with Crippen LogP contribution < -0.4 is 21.1 Å². The number of ether oxygens (including phenoxy) is 1. The molecule has 1 amide bonds. The number of benzene rings is 1. The van der Waals surface area contributed by atoms with Crippen molar-refractivity contribution in [3.8, 4) is 5.75 Å². The number of carbonyl (C=O) groups is 1. The number of guanidine groups is 1. The predicted molar refractivity (Wildman–Crippen MR) is 107 cm³/mol. The first-order valence-corrected chi connectivity index (χ1v) is 9.85. The molecule has 0 radical (unpaired) electrons. The van der Waals surface area contributed by atoms with E-state index in [4.69, 9.17) is 10.5 Å². The Balaban J connectivity index is 1.45. The van der Waals surface area contributed by atoms with Gasteiger partial charge in [0.05, 0.1) is 0 Å². The van der Waals surface area contributed by atoms with Crippen LogP contribution >= 0.6 is 0 Å². The Morgan fingerprint density at radius 2 is 2.15 bits per heavy atom. The van der Waals surface area contributed by atoms with E-state index in [1.165, 1.54) is 32.2 Å². The van der Waals surface area contributed by atoms with Gasteiger partial charge >= 0.3 is 0 Å². The first-order valence-electron chi connectivity index (χ1n) is 9.85. The van der Waals surface area contributed by atoms with Crippen LogP contribution in [0.1, 0.15) is 37.7 Å². The fourth-order valence-electron chi connectivity index (χ4n) is 3.98. The highest BCUT2D eigenvalue weighted by Gasteiger charge is 2.30. The van der Waals surface area contributed by atoms with Gasteiger partial charge in [0.15, 0.2) is 12.6 Å². The van der Waals surface area contributed by atoms with Crippen molar-refractivity contribution in [2.75, 3.05) is 26.7 Å². The maximum Gasteiger partial charge on any atom is 0.255 e. The zero-order chi connectivity index (χ0) is 19.1. The number of nitrogens with one attached hydrogen (secondary N) is 2. The number of primary amides is 1.